The van der Waals surface area contributed by atoms with Gasteiger partial charge in [-0.25, -0.2) is 0 Å². The van der Waals surface area contributed by atoms with Crippen LogP contribution in [-0.2, 0) is 0 Å². The van der Waals surface area contributed by atoms with Crippen molar-refractivity contribution in [3.8, 4) is 39.1 Å². The van der Waals surface area contributed by atoms with Gasteiger partial charge in [-0.05, 0) is 149 Å². The highest BCUT2D eigenvalue weighted by molar-refractivity contribution is 6.24. The summed E-state index contributed by atoms with van der Waals surface area (Å²) in [5, 5.41) is 12.7. The number of benzene rings is 12. The number of aromatic nitrogens is 1. The second-order valence-electron chi connectivity index (χ2n) is 17.3. The Hall–Kier alpha value is -8.72. The largest absolute Gasteiger partial charge is 0.311 e. The standard InChI is InChI=1S/C64H42N2/c1-3-15-43(16-4-1)60-42-53(66-62-26-14-13-25-57(62)61-39-47-18-7-8-19-48(47)41-63(61)66)36-38-54(60)45-27-32-51(33-28-45)65(50-21-5-2-6-22-50)52-34-29-46(30-35-52)59-40-49-20-10-12-24-56(49)64-55-23-11-9-17-44(55)31-37-58(59)64/h1-42H. The Bertz CT molecular complexity index is 3940. The molecule has 0 bridgehead atoms. The van der Waals surface area contributed by atoms with E-state index in [1.165, 1.54) is 92.7 Å². The SMILES string of the molecule is c1ccc(-c2cc(-n3c4ccccc4c4cc5ccccc5cc43)ccc2-c2ccc(N(c3ccccc3)c3ccc(-c4cc5ccccc5c5c4ccc4ccccc45)cc3)cc2)cc1. The summed E-state index contributed by atoms with van der Waals surface area (Å²) in [6.45, 7) is 0. The molecule has 13 rings (SSSR count). The van der Waals surface area contributed by atoms with Crippen LogP contribution in [-0.4, -0.2) is 4.57 Å². The second kappa shape index (κ2) is 15.5. The molecular formula is C64H42N2. The molecule has 0 aliphatic rings. The van der Waals surface area contributed by atoms with Gasteiger partial charge in [-0.15, -0.1) is 0 Å². The van der Waals surface area contributed by atoms with Crippen molar-refractivity contribution < 1.29 is 0 Å². The zero-order valence-corrected chi connectivity index (χ0v) is 36.1. The van der Waals surface area contributed by atoms with Crippen molar-refractivity contribution in [3.63, 3.8) is 0 Å². The van der Waals surface area contributed by atoms with Crippen LogP contribution in [0.3, 0.4) is 0 Å². The van der Waals surface area contributed by atoms with E-state index in [4.69, 9.17) is 0 Å². The molecule has 0 N–H and O–H groups in total. The maximum absolute atomic E-state index is 2.43. The van der Waals surface area contributed by atoms with Crippen LogP contribution in [0.4, 0.5) is 17.1 Å². The zero-order chi connectivity index (χ0) is 43.6. The molecule has 0 aliphatic heterocycles. The highest BCUT2D eigenvalue weighted by Crippen LogP contribution is 2.43. The van der Waals surface area contributed by atoms with Crippen molar-refractivity contribution in [2.75, 3.05) is 4.90 Å². The minimum Gasteiger partial charge on any atom is -0.311 e. The monoisotopic (exact) mass is 838 g/mol. The van der Waals surface area contributed by atoms with E-state index in [9.17, 15) is 0 Å². The lowest BCUT2D eigenvalue weighted by Gasteiger charge is -2.26. The predicted octanol–water partition coefficient (Wildman–Crippen LogP) is 17.9. The number of hydrogen-bond donors (Lipinski definition) is 0. The Kier molecular flexibility index (Phi) is 8.89. The van der Waals surface area contributed by atoms with E-state index in [-0.39, 0.29) is 0 Å². The summed E-state index contributed by atoms with van der Waals surface area (Å²) in [5.41, 5.74) is 14.0. The van der Waals surface area contributed by atoms with E-state index in [0.29, 0.717) is 0 Å². The minimum atomic E-state index is 1.09. The molecule has 0 spiro atoms. The smallest absolute Gasteiger partial charge is 0.0547 e. The fraction of sp³-hybridized carbons (Fsp3) is 0. The van der Waals surface area contributed by atoms with Gasteiger partial charge >= 0.3 is 0 Å². The van der Waals surface area contributed by atoms with Crippen LogP contribution < -0.4 is 4.90 Å². The maximum Gasteiger partial charge on any atom is 0.0547 e. The van der Waals surface area contributed by atoms with Gasteiger partial charge < -0.3 is 9.47 Å². The fourth-order valence-corrected chi connectivity index (χ4v) is 10.4. The molecule has 0 unspecified atom stereocenters. The van der Waals surface area contributed by atoms with E-state index in [1.54, 1.807) is 0 Å². The summed E-state index contributed by atoms with van der Waals surface area (Å²) in [7, 11) is 0. The summed E-state index contributed by atoms with van der Waals surface area (Å²) in [6.07, 6.45) is 0. The van der Waals surface area contributed by atoms with Gasteiger partial charge in [0.05, 0.1) is 11.0 Å². The summed E-state index contributed by atoms with van der Waals surface area (Å²) in [5.74, 6) is 0. The van der Waals surface area contributed by atoms with Crippen LogP contribution in [0.2, 0.25) is 0 Å². The second-order valence-corrected chi connectivity index (χ2v) is 17.3. The van der Waals surface area contributed by atoms with Crippen LogP contribution in [0, 0.1) is 0 Å². The van der Waals surface area contributed by atoms with Gasteiger partial charge in [-0.2, -0.15) is 0 Å². The first-order valence-electron chi connectivity index (χ1n) is 22.7. The zero-order valence-electron chi connectivity index (χ0n) is 36.1. The first kappa shape index (κ1) is 37.8. The van der Waals surface area contributed by atoms with Crippen molar-refractivity contribution in [2.45, 2.75) is 0 Å². The molecule has 0 saturated heterocycles. The molecule has 1 heterocycles. The first-order chi connectivity index (χ1) is 32.7. The average Bonchev–Trinajstić information content (AvgIpc) is 3.71. The molecule has 1 aromatic heterocycles. The van der Waals surface area contributed by atoms with Gasteiger partial charge in [0.2, 0.25) is 0 Å². The van der Waals surface area contributed by atoms with Crippen molar-refractivity contribution in [1.29, 1.82) is 0 Å². The van der Waals surface area contributed by atoms with Crippen LogP contribution in [0.15, 0.2) is 255 Å². The molecule has 66 heavy (non-hydrogen) atoms. The molecule has 13 aromatic rings. The molecule has 0 aliphatic carbocycles. The van der Waals surface area contributed by atoms with E-state index in [1.807, 2.05) is 0 Å². The lowest BCUT2D eigenvalue weighted by Crippen LogP contribution is -2.09. The Morgan fingerprint density at radius 3 is 1.50 bits per heavy atom. The molecule has 2 nitrogen and oxygen atoms in total. The normalized spacial score (nSPS) is 11.6. The van der Waals surface area contributed by atoms with Gasteiger partial charge in [0.25, 0.3) is 0 Å². The van der Waals surface area contributed by atoms with Crippen molar-refractivity contribution in [3.05, 3.63) is 255 Å². The topological polar surface area (TPSA) is 8.17 Å². The van der Waals surface area contributed by atoms with Gasteiger partial charge in [-0.3, -0.25) is 0 Å². The molecule has 0 amide bonds. The third-order valence-electron chi connectivity index (χ3n) is 13.5. The summed E-state index contributed by atoms with van der Waals surface area (Å²) < 4.78 is 2.43. The number of fused-ring (bicyclic) bond motifs is 9. The van der Waals surface area contributed by atoms with E-state index in [0.717, 1.165) is 28.3 Å². The predicted molar refractivity (Wildman–Crippen MR) is 282 cm³/mol. The fourth-order valence-electron chi connectivity index (χ4n) is 10.4. The first-order valence-corrected chi connectivity index (χ1v) is 22.7. The van der Waals surface area contributed by atoms with Gasteiger partial charge in [-0.1, -0.05) is 182 Å². The highest BCUT2D eigenvalue weighted by Gasteiger charge is 2.19. The molecule has 0 fully saturated rings. The van der Waals surface area contributed by atoms with E-state index >= 15 is 0 Å². The molecule has 308 valence electrons. The molecular weight excluding hydrogens is 797 g/mol. The Labute approximate surface area is 383 Å². The van der Waals surface area contributed by atoms with Gasteiger partial charge in [0.15, 0.2) is 0 Å². The summed E-state index contributed by atoms with van der Waals surface area (Å²) in [4.78, 5) is 2.35. The van der Waals surface area contributed by atoms with Crippen LogP contribution in [0.5, 0.6) is 0 Å². The molecule has 0 radical (unpaired) electrons. The van der Waals surface area contributed by atoms with Crippen LogP contribution >= 0.6 is 0 Å². The lowest BCUT2D eigenvalue weighted by molar-refractivity contribution is 1.18. The number of nitrogens with zero attached hydrogens (tertiary/aromatic N) is 2. The van der Waals surface area contributed by atoms with E-state index < -0.39 is 0 Å². The Morgan fingerprint density at radius 1 is 0.258 bits per heavy atom. The number of para-hydroxylation sites is 2. The van der Waals surface area contributed by atoms with Crippen LogP contribution in [0.1, 0.15) is 0 Å². The minimum absolute atomic E-state index is 1.09. The van der Waals surface area contributed by atoms with Crippen molar-refractivity contribution in [1.82, 2.24) is 4.57 Å². The number of anilines is 3. The van der Waals surface area contributed by atoms with E-state index in [2.05, 4.69) is 264 Å². The lowest BCUT2D eigenvalue weighted by atomic mass is 9.90. The molecule has 0 saturated carbocycles. The highest BCUT2D eigenvalue weighted by atomic mass is 15.1. The van der Waals surface area contributed by atoms with Crippen LogP contribution in [0.25, 0.3) is 104 Å². The third kappa shape index (κ3) is 6.26. The Morgan fingerprint density at radius 2 is 0.788 bits per heavy atom. The molecule has 12 aromatic carbocycles. The van der Waals surface area contributed by atoms with Gasteiger partial charge in [0.1, 0.15) is 0 Å². The molecule has 0 atom stereocenters. The average molecular weight is 839 g/mol. The summed E-state index contributed by atoms with van der Waals surface area (Å²) >= 11 is 0. The van der Waals surface area contributed by atoms with Crippen molar-refractivity contribution >= 4 is 82.0 Å². The van der Waals surface area contributed by atoms with Gasteiger partial charge in [0, 0.05) is 33.5 Å². The Balaban J connectivity index is 0.907. The number of hydrogen-bond acceptors (Lipinski definition) is 1. The molecule has 2 heteroatoms. The number of rotatable bonds is 7. The summed E-state index contributed by atoms with van der Waals surface area (Å²) in [6, 6.07) is 93.2. The quantitative estimate of drug-likeness (QED) is 0.145. The maximum atomic E-state index is 2.43. The third-order valence-corrected chi connectivity index (χ3v) is 13.5. The van der Waals surface area contributed by atoms with Crippen molar-refractivity contribution in [2.24, 2.45) is 0 Å².